The van der Waals surface area contributed by atoms with E-state index in [4.69, 9.17) is 9.47 Å². The van der Waals surface area contributed by atoms with Crippen molar-refractivity contribution in [2.45, 2.75) is 33.2 Å². The van der Waals surface area contributed by atoms with Gasteiger partial charge >= 0.3 is 0 Å². The number of likely N-dealkylation sites (N-methyl/N-ethyl adjacent to an activating group) is 1. The van der Waals surface area contributed by atoms with Gasteiger partial charge in [-0.1, -0.05) is 20.8 Å². The van der Waals surface area contributed by atoms with E-state index in [9.17, 15) is 0 Å². The van der Waals surface area contributed by atoms with Gasteiger partial charge in [0, 0.05) is 46.0 Å². The second kappa shape index (κ2) is 12.3. The smallest absolute Gasteiger partial charge is 0.0593 e. The molecule has 0 aromatic heterocycles. The number of rotatable bonds is 12. The highest BCUT2D eigenvalue weighted by atomic mass is 16.5. The maximum atomic E-state index is 5.55. The van der Waals surface area contributed by atoms with E-state index in [1.54, 1.807) is 7.11 Å². The predicted molar refractivity (Wildman–Crippen MR) is 72.6 cm³/mol. The summed E-state index contributed by atoms with van der Waals surface area (Å²) in [7, 11) is 1.72. The van der Waals surface area contributed by atoms with E-state index >= 15 is 0 Å². The van der Waals surface area contributed by atoms with Crippen molar-refractivity contribution in [3.05, 3.63) is 0 Å². The van der Waals surface area contributed by atoms with Crippen molar-refractivity contribution in [1.29, 1.82) is 0 Å². The van der Waals surface area contributed by atoms with Gasteiger partial charge in [-0.15, -0.1) is 0 Å². The largest absolute Gasteiger partial charge is 0.385 e. The lowest BCUT2D eigenvalue weighted by molar-refractivity contribution is 0.0849. The van der Waals surface area contributed by atoms with Crippen LogP contribution in [0.4, 0.5) is 0 Å². The van der Waals surface area contributed by atoms with Gasteiger partial charge in [0.05, 0.1) is 6.61 Å². The second-order valence-corrected chi connectivity index (χ2v) is 4.50. The van der Waals surface area contributed by atoms with Gasteiger partial charge in [0.1, 0.15) is 0 Å². The van der Waals surface area contributed by atoms with Crippen LogP contribution in [0, 0.1) is 0 Å². The van der Waals surface area contributed by atoms with Crippen LogP contribution in [-0.4, -0.2) is 64.1 Å². The topological polar surface area (TPSA) is 33.7 Å². The normalized spacial score (nSPS) is 11.6. The van der Waals surface area contributed by atoms with E-state index in [1.165, 1.54) is 0 Å². The Balaban J connectivity index is 3.35. The van der Waals surface area contributed by atoms with Crippen molar-refractivity contribution in [2.24, 2.45) is 0 Å². The zero-order chi connectivity index (χ0) is 12.9. The predicted octanol–water partition coefficient (Wildman–Crippen LogP) is 1.36. The second-order valence-electron chi connectivity index (χ2n) is 4.50. The lowest BCUT2D eigenvalue weighted by atomic mass is 10.4. The van der Waals surface area contributed by atoms with E-state index in [2.05, 4.69) is 31.0 Å². The van der Waals surface area contributed by atoms with Crippen LogP contribution in [0.5, 0.6) is 0 Å². The van der Waals surface area contributed by atoms with Gasteiger partial charge in [-0.05, 0) is 13.0 Å². The lowest BCUT2D eigenvalue weighted by Gasteiger charge is -2.21. The Morgan fingerprint density at radius 2 is 1.88 bits per heavy atom. The van der Waals surface area contributed by atoms with Crippen LogP contribution in [0.15, 0.2) is 0 Å². The molecule has 0 unspecified atom stereocenters. The van der Waals surface area contributed by atoms with Gasteiger partial charge in [0.15, 0.2) is 0 Å². The summed E-state index contributed by atoms with van der Waals surface area (Å²) in [6, 6.07) is 0.569. The first kappa shape index (κ1) is 16.8. The molecule has 17 heavy (non-hydrogen) atoms. The number of hydrogen-bond acceptors (Lipinski definition) is 4. The maximum Gasteiger partial charge on any atom is 0.0593 e. The molecule has 0 heterocycles. The SMILES string of the molecule is CCN(CCNC(C)C)CCOCCCOC. The van der Waals surface area contributed by atoms with Crippen molar-refractivity contribution in [3.8, 4) is 0 Å². The lowest BCUT2D eigenvalue weighted by Crippen LogP contribution is -2.36. The Bertz CT molecular complexity index is 154. The minimum atomic E-state index is 0.569. The summed E-state index contributed by atoms with van der Waals surface area (Å²) in [6.45, 7) is 13.2. The molecule has 0 amide bonds. The zero-order valence-corrected chi connectivity index (χ0v) is 12.0. The molecule has 0 saturated carbocycles. The molecule has 4 nitrogen and oxygen atoms in total. The van der Waals surface area contributed by atoms with Gasteiger partial charge in [-0.2, -0.15) is 0 Å². The molecule has 0 fully saturated rings. The molecule has 0 rings (SSSR count). The van der Waals surface area contributed by atoms with Crippen LogP contribution in [-0.2, 0) is 9.47 Å². The number of nitrogens with one attached hydrogen (secondary N) is 1. The quantitative estimate of drug-likeness (QED) is 0.527. The molecule has 0 spiro atoms. The van der Waals surface area contributed by atoms with Crippen molar-refractivity contribution < 1.29 is 9.47 Å². The third-order valence-electron chi connectivity index (χ3n) is 2.62. The molecular formula is C13H30N2O2. The monoisotopic (exact) mass is 246 g/mol. The fourth-order valence-corrected chi connectivity index (χ4v) is 1.54. The standard InChI is InChI=1S/C13H30N2O2/c1-5-15(8-7-14-13(2)3)9-12-17-11-6-10-16-4/h13-14H,5-12H2,1-4H3. The van der Waals surface area contributed by atoms with Crippen LogP contribution < -0.4 is 5.32 Å². The van der Waals surface area contributed by atoms with E-state index < -0.39 is 0 Å². The van der Waals surface area contributed by atoms with Crippen LogP contribution in [0.1, 0.15) is 27.2 Å². The van der Waals surface area contributed by atoms with Gasteiger partial charge in [0.25, 0.3) is 0 Å². The third-order valence-corrected chi connectivity index (χ3v) is 2.62. The van der Waals surface area contributed by atoms with Crippen LogP contribution in [0.25, 0.3) is 0 Å². The van der Waals surface area contributed by atoms with Gasteiger partial charge in [-0.3, -0.25) is 0 Å². The molecule has 0 aliphatic rings. The molecule has 0 aromatic carbocycles. The molecule has 0 radical (unpaired) electrons. The van der Waals surface area contributed by atoms with Crippen LogP contribution in [0.2, 0.25) is 0 Å². The number of ether oxygens (including phenoxy) is 2. The molecule has 0 aliphatic carbocycles. The molecule has 104 valence electrons. The molecule has 0 atom stereocenters. The van der Waals surface area contributed by atoms with Crippen molar-refractivity contribution in [1.82, 2.24) is 10.2 Å². The fraction of sp³-hybridized carbons (Fsp3) is 1.00. The highest BCUT2D eigenvalue weighted by Gasteiger charge is 2.02. The molecular weight excluding hydrogens is 216 g/mol. The average Bonchev–Trinajstić information content (AvgIpc) is 2.30. The Morgan fingerprint density at radius 1 is 1.12 bits per heavy atom. The Kier molecular flexibility index (Phi) is 12.2. The number of methoxy groups -OCH3 is 1. The first-order valence-corrected chi connectivity index (χ1v) is 6.73. The fourth-order valence-electron chi connectivity index (χ4n) is 1.54. The maximum absolute atomic E-state index is 5.55. The third kappa shape index (κ3) is 12.1. The summed E-state index contributed by atoms with van der Waals surface area (Å²) in [6.07, 6.45) is 0.984. The van der Waals surface area contributed by atoms with Gasteiger partial charge in [-0.25, -0.2) is 0 Å². The number of nitrogens with zero attached hydrogens (tertiary/aromatic N) is 1. The molecule has 0 aromatic rings. The van der Waals surface area contributed by atoms with Crippen LogP contribution >= 0.6 is 0 Å². The van der Waals surface area contributed by atoms with E-state index in [0.29, 0.717) is 6.04 Å². The van der Waals surface area contributed by atoms with E-state index in [0.717, 1.165) is 52.4 Å². The minimum absolute atomic E-state index is 0.569. The zero-order valence-electron chi connectivity index (χ0n) is 12.0. The average molecular weight is 246 g/mol. The molecule has 0 aliphatic heterocycles. The molecule has 1 N–H and O–H groups in total. The first-order chi connectivity index (χ1) is 8.20. The minimum Gasteiger partial charge on any atom is -0.385 e. The first-order valence-electron chi connectivity index (χ1n) is 6.73. The van der Waals surface area contributed by atoms with Gasteiger partial charge < -0.3 is 19.7 Å². The summed E-state index contributed by atoms with van der Waals surface area (Å²) in [5.41, 5.74) is 0. The summed E-state index contributed by atoms with van der Waals surface area (Å²) in [5.74, 6) is 0. The van der Waals surface area contributed by atoms with Crippen molar-refractivity contribution in [2.75, 3.05) is 53.1 Å². The van der Waals surface area contributed by atoms with E-state index in [1.807, 2.05) is 0 Å². The van der Waals surface area contributed by atoms with Crippen molar-refractivity contribution >= 4 is 0 Å². The highest BCUT2D eigenvalue weighted by Crippen LogP contribution is 1.90. The van der Waals surface area contributed by atoms with Gasteiger partial charge in [0.2, 0.25) is 0 Å². The molecule has 4 heteroatoms. The molecule has 0 saturated heterocycles. The summed E-state index contributed by atoms with van der Waals surface area (Å²) >= 11 is 0. The Hall–Kier alpha value is -0.160. The summed E-state index contributed by atoms with van der Waals surface area (Å²) < 4.78 is 10.5. The van der Waals surface area contributed by atoms with Crippen LogP contribution in [0.3, 0.4) is 0 Å². The Morgan fingerprint density at radius 3 is 2.47 bits per heavy atom. The van der Waals surface area contributed by atoms with Crippen molar-refractivity contribution in [3.63, 3.8) is 0 Å². The molecule has 0 bridgehead atoms. The summed E-state index contributed by atoms with van der Waals surface area (Å²) in [4.78, 5) is 2.41. The Labute approximate surface area is 107 Å². The number of hydrogen-bond donors (Lipinski definition) is 1. The summed E-state index contributed by atoms with van der Waals surface area (Å²) in [5, 5.41) is 3.43. The highest BCUT2D eigenvalue weighted by molar-refractivity contribution is 4.59. The van der Waals surface area contributed by atoms with E-state index in [-0.39, 0.29) is 0 Å².